The van der Waals surface area contributed by atoms with Crippen LogP contribution >= 0.6 is 0 Å². The normalized spacial score (nSPS) is 50.7. The van der Waals surface area contributed by atoms with Gasteiger partial charge in [0.1, 0.15) is 35.6 Å². The molecule has 7 bridgehead atoms. The molecule has 5 aliphatic carbocycles. The fraction of sp³-hybridized carbons (Fsp3) is 0.765. The first-order valence-electron chi connectivity index (χ1n) is 16.2. The maximum atomic E-state index is 13.8. The van der Waals surface area contributed by atoms with E-state index in [0.29, 0.717) is 6.54 Å². The van der Waals surface area contributed by atoms with Crippen molar-refractivity contribution in [1.82, 2.24) is 4.90 Å². The lowest BCUT2D eigenvalue weighted by molar-refractivity contribution is -0.356. The van der Waals surface area contributed by atoms with Gasteiger partial charge in [-0.1, -0.05) is 18.2 Å². The standard InChI is InChI=1S/C34H47NO12/c1-17(36)46-19-13-20(42-4)33-23-22(43-5)21(25(33)35(2)15-30(19,23)16-41-3)34(45-7)24-27(47-29(38)18-11-9-8-10-12-18)31(39,14-32(24,33)40)28(44-6)26(34)37/h8-12,19-28,37,39-40H,13-16H2,1-7H3/t19-,20+,21+,22+,23-,24+,25?,26+,27-,28+,30+,31-,32+,33-,34+/m1/s1. The molecule has 15 atom stereocenters. The van der Waals surface area contributed by atoms with Gasteiger partial charge in [0.05, 0.1) is 35.9 Å². The highest BCUT2D eigenvalue weighted by Gasteiger charge is 2.96. The van der Waals surface area contributed by atoms with Crippen LogP contribution in [0, 0.1) is 28.6 Å². The predicted octanol–water partition coefficient (Wildman–Crippen LogP) is 0.0270. The van der Waals surface area contributed by atoms with Gasteiger partial charge in [0.15, 0.2) is 0 Å². The second-order valence-corrected chi connectivity index (χ2v) is 14.6. The van der Waals surface area contributed by atoms with Crippen molar-refractivity contribution in [2.75, 3.05) is 55.7 Å². The summed E-state index contributed by atoms with van der Waals surface area (Å²) in [4.78, 5) is 28.5. The van der Waals surface area contributed by atoms with Crippen LogP contribution in [0.1, 0.15) is 30.1 Å². The fourth-order valence-electron chi connectivity index (χ4n) is 12.5. The predicted molar refractivity (Wildman–Crippen MR) is 162 cm³/mol. The van der Waals surface area contributed by atoms with Crippen molar-refractivity contribution in [2.45, 2.75) is 79.2 Å². The molecule has 5 saturated carbocycles. The summed E-state index contributed by atoms with van der Waals surface area (Å²) in [5, 5.41) is 39.0. The van der Waals surface area contributed by atoms with Gasteiger partial charge in [0, 0.05) is 90.6 Å². The molecule has 13 heteroatoms. The number of ether oxygens (including phenoxy) is 7. The monoisotopic (exact) mass is 661 g/mol. The first-order chi connectivity index (χ1) is 22.3. The number of likely N-dealkylation sites (tertiary alicyclic amines) is 1. The Morgan fingerprint density at radius 1 is 0.936 bits per heavy atom. The molecule has 7 rings (SSSR count). The van der Waals surface area contributed by atoms with Crippen molar-refractivity contribution < 1.29 is 58.1 Å². The van der Waals surface area contributed by atoms with E-state index < -0.39 is 100.0 Å². The van der Waals surface area contributed by atoms with Crippen LogP contribution in [0.2, 0.25) is 0 Å². The summed E-state index contributed by atoms with van der Waals surface area (Å²) in [5.41, 5.74) is -7.39. The van der Waals surface area contributed by atoms with Gasteiger partial charge in [-0.05, 0) is 19.2 Å². The van der Waals surface area contributed by atoms with E-state index in [2.05, 4.69) is 4.90 Å². The molecule has 0 aromatic heterocycles. The lowest BCUT2D eigenvalue weighted by Crippen LogP contribution is -2.85. The van der Waals surface area contributed by atoms with Gasteiger partial charge in [-0.15, -0.1) is 0 Å². The topological polar surface area (TPSA) is 163 Å². The highest BCUT2D eigenvalue weighted by Crippen LogP contribution is 2.81. The lowest BCUT2D eigenvalue weighted by Gasteiger charge is -2.72. The Bertz CT molecular complexity index is 1410. The molecule has 1 aromatic carbocycles. The number of fused-ring (bicyclic) bond motifs is 2. The van der Waals surface area contributed by atoms with Crippen LogP contribution in [0.25, 0.3) is 0 Å². The molecule has 1 spiro atoms. The molecule has 0 radical (unpaired) electrons. The number of carbonyl (C=O) groups is 2. The van der Waals surface area contributed by atoms with Crippen LogP contribution < -0.4 is 0 Å². The number of esters is 2. The van der Waals surface area contributed by atoms with Crippen molar-refractivity contribution in [3.63, 3.8) is 0 Å². The summed E-state index contributed by atoms with van der Waals surface area (Å²) in [5.74, 6) is -3.52. The van der Waals surface area contributed by atoms with E-state index in [9.17, 15) is 24.9 Å². The van der Waals surface area contributed by atoms with Crippen LogP contribution in [0.5, 0.6) is 0 Å². The highest BCUT2D eigenvalue weighted by molar-refractivity contribution is 5.89. The van der Waals surface area contributed by atoms with Gasteiger partial charge in [-0.3, -0.25) is 4.79 Å². The summed E-state index contributed by atoms with van der Waals surface area (Å²) in [6, 6.07) is 7.91. The zero-order chi connectivity index (χ0) is 33.9. The number of methoxy groups -OCH3 is 5. The Kier molecular flexibility index (Phi) is 7.72. The largest absolute Gasteiger partial charge is 0.462 e. The number of nitrogens with zero attached hydrogens (tertiary/aromatic N) is 1. The van der Waals surface area contributed by atoms with Gasteiger partial charge in [0.25, 0.3) is 0 Å². The van der Waals surface area contributed by atoms with Gasteiger partial charge in [-0.25, -0.2) is 4.79 Å². The fourth-order valence-corrected chi connectivity index (χ4v) is 12.5. The van der Waals surface area contributed by atoms with E-state index >= 15 is 0 Å². The minimum Gasteiger partial charge on any atom is -0.462 e. The Labute approximate surface area is 274 Å². The number of aliphatic hydroxyl groups is 3. The quantitative estimate of drug-likeness (QED) is 0.304. The Morgan fingerprint density at radius 2 is 1.64 bits per heavy atom. The van der Waals surface area contributed by atoms with Crippen molar-refractivity contribution in [1.29, 1.82) is 0 Å². The summed E-state index contributed by atoms with van der Waals surface area (Å²) in [7, 11) is 9.52. The number of carbonyl (C=O) groups excluding carboxylic acids is 2. The molecule has 1 saturated heterocycles. The van der Waals surface area contributed by atoms with Crippen molar-refractivity contribution >= 4 is 11.9 Å². The summed E-state index contributed by atoms with van der Waals surface area (Å²) in [6.07, 6.45) is -6.28. The molecule has 6 aliphatic rings. The van der Waals surface area contributed by atoms with Gasteiger partial charge in [-0.2, -0.15) is 0 Å². The van der Waals surface area contributed by atoms with Crippen LogP contribution in [-0.4, -0.2) is 147 Å². The average molecular weight is 662 g/mol. The van der Waals surface area contributed by atoms with Crippen LogP contribution in [-0.2, 0) is 38.0 Å². The highest BCUT2D eigenvalue weighted by atomic mass is 16.6. The SMILES string of the molecule is COC[C@]12CN(C)C3[C@@H]4[C@H](OC)[C@H]1[C@@]3([C@@H](OC)C[C@H]2OC(C)=O)[C@]1(O)C[C@@]2(O)[C@H](OC(=O)c3ccccc3)[C@@H]1[C@]4(OC)[C@@H](O)[C@@H]2OC. The summed E-state index contributed by atoms with van der Waals surface area (Å²) in [6.45, 7) is 1.95. The summed E-state index contributed by atoms with van der Waals surface area (Å²) < 4.78 is 43.4. The zero-order valence-corrected chi connectivity index (χ0v) is 28.0. The molecule has 6 fully saturated rings. The van der Waals surface area contributed by atoms with Crippen LogP contribution in [0.3, 0.4) is 0 Å². The van der Waals surface area contributed by atoms with Crippen molar-refractivity contribution in [2.24, 2.45) is 28.6 Å². The lowest BCUT2D eigenvalue weighted by atomic mass is 9.40. The van der Waals surface area contributed by atoms with E-state index in [1.165, 1.54) is 21.1 Å². The average Bonchev–Trinajstić information content (AvgIpc) is 3.40. The molecule has 3 N–H and O–H groups in total. The maximum Gasteiger partial charge on any atom is 0.338 e. The first-order valence-corrected chi connectivity index (χ1v) is 16.2. The number of hydrogen-bond donors (Lipinski definition) is 3. The van der Waals surface area contributed by atoms with Gasteiger partial charge in [0.2, 0.25) is 0 Å². The molecular formula is C34H47NO12. The first kappa shape index (κ1) is 33.3. The summed E-state index contributed by atoms with van der Waals surface area (Å²) >= 11 is 0. The zero-order valence-electron chi connectivity index (χ0n) is 28.0. The molecule has 47 heavy (non-hydrogen) atoms. The molecule has 1 unspecified atom stereocenters. The second kappa shape index (κ2) is 10.9. The minimum atomic E-state index is -2.02. The molecule has 0 amide bonds. The number of aliphatic hydroxyl groups excluding tert-OH is 1. The van der Waals surface area contributed by atoms with E-state index in [4.69, 9.17) is 33.2 Å². The van der Waals surface area contributed by atoms with Crippen LogP contribution in [0.15, 0.2) is 30.3 Å². The van der Waals surface area contributed by atoms with Gasteiger partial charge >= 0.3 is 11.9 Å². The smallest absolute Gasteiger partial charge is 0.338 e. The van der Waals surface area contributed by atoms with Gasteiger partial charge < -0.3 is 53.4 Å². The van der Waals surface area contributed by atoms with E-state index in [1.807, 2.05) is 7.05 Å². The Morgan fingerprint density at radius 3 is 2.21 bits per heavy atom. The van der Waals surface area contributed by atoms with E-state index in [1.54, 1.807) is 51.7 Å². The number of benzene rings is 1. The second-order valence-electron chi connectivity index (χ2n) is 14.6. The molecule has 1 heterocycles. The molecular weight excluding hydrogens is 614 g/mol. The van der Waals surface area contributed by atoms with E-state index in [0.717, 1.165) is 0 Å². The Balaban J connectivity index is 1.53. The number of hydrogen-bond acceptors (Lipinski definition) is 13. The Hall–Kier alpha value is -2.20. The van der Waals surface area contributed by atoms with E-state index in [-0.39, 0.29) is 25.0 Å². The third-order valence-electron chi connectivity index (χ3n) is 13.3. The molecule has 260 valence electrons. The van der Waals surface area contributed by atoms with Crippen LogP contribution in [0.4, 0.5) is 0 Å². The number of rotatable bonds is 9. The molecule has 1 aliphatic heterocycles. The number of piperidine rings is 1. The van der Waals surface area contributed by atoms with Crippen molar-refractivity contribution in [3.8, 4) is 0 Å². The maximum absolute atomic E-state index is 13.8. The third kappa shape index (κ3) is 3.65. The van der Waals surface area contributed by atoms with Crippen molar-refractivity contribution in [3.05, 3.63) is 35.9 Å². The third-order valence-corrected chi connectivity index (χ3v) is 13.3. The molecule has 13 nitrogen and oxygen atoms in total. The minimum absolute atomic E-state index is 0.165. The molecule has 1 aromatic rings.